The highest BCUT2D eigenvalue weighted by Gasteiger charge is 2.30. The summed E-state index contributed by atoms with van der Waals surface area (Å²) in [6.07, 6.45) is 4.17. The third-order valence-corrected chi connectivity index (χ3v) is 2.91. The summed E-state index contributed by atoms with van der Waals surface area (Å²) in [4.78, 5) is 2.52. The summed E-state index contributed by atoms with van der Waals surface area (Å²) < 4.78 is 0. The number of hydrogen-bond acceptors (Lipinski definition) is 1. The van der Waals surface area contributed by atoms with Gasteiger partial charge in [-0.05, 0) is 19.9 Å². The Bertz CT molecular complexity index is 102. The molecule has 0 aromatic carbocycles. The van der Waals surface area contributed by atoms with E-state index >= 15 is 0 Å². The standard InChI is InChI=1S/C8H15N2/c1-10-7-3-2-4-8(10)6-9-5-7/h7-8H,2-6H2,1H3. The Kier molecular flexibility index (Phi) is 1.66. The highest BCUT2D eigenvalue weighted by molar-refractivity contribution is 4.88. The topological polar surface area (TPSA) is 17.3 Å². The molecule has 57 valence electrons. The highest BCUT2D eigenvalue weighted by Crippen LogP contribution is 2.23. The lowest BCUT2D eigenvalue weighted by Crippen LogP contribution is -2.55. The van der Waals surface area contributed by atoms with Gasteiger partial charge in [0.05, 0.1) is 0 Å². The van der Waals surface area contributed by atoms with Crippen LogP contribution in [0.25, 0.3) is 0 Å². The number of piperazine rings is 1. The Morgan fingerprint density at radius 3 is 2.30 bits per heavy atom. The molecule has 2 heteroatoms. The maximum atomic E-state index is 4.47. The summed E-state index contributed by atoms with van der Waals surface area (Å²) in [6.45, 7) is 2.18. The molecule has 2 rings (SSSR count). The van der Waals surface area contributed by atoms with E-state index < -0.39 is 0 Å². The first-order valence-corrected chi connectivity index (χ1v) is 4.23. The van der Waals surface area contributed by atoms with Gasteiger partial charge in [-0.3, -0.25) is 4.90 Å². The van der Waals surface area contributed by atoms with E-state index in [4.69, 9.17) is 0 Å². The molecule has 1 radical (unpaired) electrons. The lowest BCUT2D eigenvalue weighted by atomic mass is 9.93. The Hall–Kier alpha value is -0.0800. The summed E-state index contributed by atoms with van der Waals surface area (Å²) in [6, 6.07) is 1.57. The zero-order valence-corrected chi connectivity index (χ0v) is 6.58. The molecule has 0 spiro atoms. The summed E-state index contributed by atoms with van der Waals surface area (Å²) >= 11 is 0. The molecular weight excluding hydrogens is 124 g/mol. The molecule has 2 fully saturated rings. The van der Waals surface area contributed by atoms with Gasteiger partial charge in [-0.15, -0.1) is 0 Å². The minimum absolute atomic E-state index is 0.785. The third-order valence-electron chi connectivity index (χ3n) is 2.91. The first kappa shape index (κ1) is 6.62. The molecule has 2 heterocycles. The zero-order valence-electron chi connectivity index (χ0n) is 6.58. The van der Waals surface area contributed by atoms with Gasteiger partial charge in [-0.1, -0.05) is 6.42 Å². The Balaban J connectivity index is 2.05. The van der Waals surface area contributed by atoms with Gasteiger partial charge in [0.15, 0.2) is 0 Å². The fourth-order valence-corrected chi connectivity index (χ4v) is 2.11. The van der Waals surface area contributed by atoms with Gasteiger partial charge in [-0.25, -0.2) is 5.32 Å². The average Bonchev–Trinajstić information content (AvgIpc) is 1.86. The molecule has 10 heavy (non-hydrogen) atoms. The second-order valence-corrected chi connectivity index (χ2v) is 3.49. The van der Waals surface area contributed by atoms with E-state index in [2.05, 4.69) is 17.3 Å². The summed E-state index contributed by atoms with van der Waals surface area (Å²) in [5.41, 5.74) is 0. The van der Waals surface area contributed by atoms with Crippen LogP contribution in [0.15, 0.2) is 0 Å². The number of piperidine rings is 1. The molecule has 2 atom stereocenters. The molecule has 2 nitrogen and oxygen atoms in total. The molecule has 0 aliphatic carbocycles. The summed E-state index contributed by atoms with van der Waals surface area (Å²) in [7, 11) is 2.25. The molecule has 0 amide bonds. The fraction of sp³-hybridized carbons (Fsp3) is 1.00. The van der Waals surface area contributed by atoms with Gasteiger partial charge < -0.3 is 0 Å². The number of likely N-dealkylation sites (N-methyl/N-ethyl adjacent to an activating group) is 1. The Labute approximate surface area is 62.6 Å². The molecule has 2 bridgehead atoms. The van der Waals surface area contributed by atoms with Crippen LogP contribution in [-0.2, 0) is 0 Å². The zero-order chi connectivity index (χ0) is 6.97. The van der Waals surface area contributed by atoms with Crippen LogP contribution in [0.5, 0.6) is 0 Å². The van der Waals surface area contributed by atoms with Crippen molar-refractivity contribution in [1.29, 1.82) is 0 Å². The van der Waals surface area contributed by atoms with Crippen molar-refractivity contribution in [3.8, 4) is 0 Å². The first-order valence-electron chi connectivity index (χ1n) is 4.23. The monoisotopic (exact) mass is 139 g/mol. The molecule has 0 saturated carbocycles. The summed E-state index contributed by atoms with van der Waals surface area (Å²) in [5, 5.41) is 4.47. The van der Waals surface area contributed by atoms with Crippen LogP contribution in [-0.4, -0.2) is 37.1 Å². The average molecular weight is 139 g/mol. The van der Waals surface area contributed by atoms with Crippen molar-refractivity contribution in [3.05, 3.63) is 0 Å². The first-order chi connectivity index (χ1) is 4.88. The van der Waals surface area contributed by atoms with Crippen LogP contribution in [0.4, 0.5) is 0 Å². The van der Waals surface area contributed by atoms with Crippen LogP contribution in [0.1, 0.15) is 19.3 Å². The number of nitrogens with zero attached hydrogens (tertiary/aromatic N) is 2. The van der Waals surface area contributed by atoms with E-state index in [1.54, 1.807) is 0 Å². The van der Waals surface area contributed by atoms with E-state index in [1.165, 1.54) is 19.3 Å². The molecule has 0 aromatic rings. The molecule has 2 aliphatic rings. The Morgan fingerprint density at radius 2 is 1.80 bits per heavy atom. The van der Waals surface area contributed by atoms with Crippen molar-refractivity contribution >= 4 is 0 Å². The lowest BCUT2D eigenvalue weighted by Gasteiger charge is -2.43. The third kappa shape index (κ3) is 0.956. The summed E-state index contributed by atoms with van der Waals surface area (Å²) in [5.74, 6) is 0. The molecule has 2 unspecified atom stereocenters. The van der Waals surface area contributed by atoms with Crippen molar-refractivity contribution in [1.82, 2.24) is 10.2 Å². The van der Waals surface area contributed by atoms with Gasteiger partial charge in [0, 0.05) is 25.2 Å². The largest absolute Gasteiger partial charge is 0.298 e. The molecule has 0 aromatic heterocycles. The minimum Gasteiger partial charge on any atom is -0.298 e. The van der Waals surface area contributed by atoms with Gasteiger partial charge in [-0.2, -0.15) is 0 Å². The lowest BCUT2D eigenvalue weighted by molar-refractivity contribution is 0.0790. The van der Waals surface area contributed by atoms with Crippen molar-refractivity contribution in [2.24, 2.45) is 0 Å². The Morgan fingerprint density at radius 1 is 1.20 bits per heavy atom. The molecule has 2 saturated heterocycles. The van der Waals surface area contributed by atoms with E-state index in [9.17, 15) is 0 Å². The van der Waals surface area contributed by atoms with Crippen LogP contribution < -0.4 is 5.32 Å². The second kappa shape index (κ2) is 2.51. The van der Waals surface area contributed by atoms with Crippen LogP contribution in [0.2, 0.25) is 0 Å². The fourth-order valence-electron chi connectivity index (χ4n) is 2.11. The smallest absolute Gasteiger partial charge is 0.0290 e. The quantitative estimate of drug-likeness (QED) is 0.476. The predicted octanol–water partition coefficient (Wildman–Crippen LogP) is 0.457. The maximum absolute atomic E-state index is 4.47. The van der Waals surface area contributed by atoms with E-state index in [1.807, 2.05) is 0 Å². The number of hydrogen-bond donors (Lipinski definition) is 0. The molecule has 2 aliphatic heterocycles. The van der Waals surface area contributed by atoms with E-state index in [-0.39, 0.29) is 0 Å². The number of fused-ring (bicyclic) bond motifs is 2. The van der Waals surface area contributed by atoms with Crippen LogP contribution in [0.3, 0.4) is 0 Å². The normalized spacial score (nSPS) is 41.7. The van der Waals surface area contributed by atoms with Gasteiger partial charge in [0.1, 0.15) is 0 Å². The SMILES string of the molecule is CN1C2CCCC1C[N]C2. The minimum atomic E-state index is 0.785. The van der Waals surface area contributed by atoms with Gasteiger partial charge >= 0.3 is 0 Å². The molecule has 0 N–H and O–H groups in total. The van der Waals surface area contributed by atoms with Crippen LogP contribution >= 0.6 is 0 Å². The van der Waals surface area contributed by atoms with Crippen molar-refractivity contribution in [2.45, 2.75) is 31.3 Å². The van der Waals surface area contributed by atoms with E-state index in [0.29, 0.717) is 0 Å². The number of rotatable bonds is 0. The highest BCUT2D eigenvalue weighted by atomic mass is 15.2. The predicted molar refractivity (Wildman–Crippen MR) is 41.1 cm³/mol. The second-order valence-electron chi connectivity index (χ2n) is 3.49. The maximum Gasteiger partial charge on any atom is 0.0290 e. The van der Waals surface area contributed by atoms with Crippen molar-refractivity contribution in [3.63, 3.8) is 0 Å². The van der Waals surface area contributed by atoms with Crippen molar-refractivity contribution < 1.29 is 0 Å². The van der Waals surface area contributed by atoms with Gasteiger partial charge in [0.25, 0.3) is 0 Å². The van der Waals surface area contributed by atoms with Crippen molar-refractivity contribution in [2.75, 3.05) is 20.1 Å². The molecular formula is C8H15N2. The van der Waals surface area contributed by atoms with E-state index in [0.717, 1.165) is 25.2 Å². The van der Waals surface area contributed by atoms with Crippen LogP contribution in [0, 0.1) is 0 Å². The van der Waals surface area contributed by atoms with Gasteiger partial charge in [0.2, 0.25) is 0 Å².